The first-order valence-electron chi connectivity index (χ1n) is 9.75. The minimum absolute atomic E-state index is 0.269. The molecule has 0 spiro atoms. The molecule has 2 saturated heterocycles. The molecule has 6 nitrogen and oxygen atoms in total. The zero-order chi connectivity index (χ0) is 21.7. The van der Waals surface area contributed by atoms with Crippen LogP contribution in [0.3, 0.4) is 0 Å². The van der Waals surface area contributed by atoms with Crippen LogP contribution in [0.25, 0.3) is 0 Å². The molecule has 2 aliphatic rings. The summed E-state index contributed by atoms with van der Waals surface area (Å²) in [4.78, 5) is 8.31. The van der Waals surface area contributed by atoms with Gasteiger partial charge < -0.3 is 18.8 Å². The van der Waals surface area contributed by atoms with Gasteiger partial charge in [-0.05, 0) is 51.3 Å². The predicted molar refractivity (Wildman–Crippen MR) is 120 cm³/mol. The van der Waals surface area contributed by atoms with Crippen LogP contribution in [-0.4, -0.2) is 48.1 Å². The topological polar surface area (TPSA) is 57.3 Å². The molecule has 0 N–H and O–H groups in total. The molecule has 2 aromatic rings. The maximum atomic E-state index is 6.52. The van der Waals surface area contributed by atoms with Gasteiger partial charge in [-0.25, -0.2) is 4.99 Å². The van der Waals surface area contributed by atoms with E-state index >= 15 is 0 Å². The number of benzene rings is 1. The first kappa shape index (κ1) is 21.5. The average molecular weight is 450 g/mol. The molecule has 0 bridgehead atoms. The van der Waals surface area contributed by atoms with Crippen molar-refractivity contribution in [3.63, 3.8) is 0 Å². The maximum absolute atomic E-state index is 6.52. The third-order valence-electron chi connectivity index (χ3n) is 5.66. The molecule has 0 radical (unpaired) electrons. The summed E-state index contributed by atoms with van der Waals surface area (Å²) < 4.78 is 21.2. The number of hydrogen-bond acceptors (Lipinski definition) is 5. The highest BCUT2D eigenvalue weighted by Gasteiger charge is 2.63. The lowest BCUT2D eigenvalue weighted by Gasteiger charge is -2.29. The van der Waals surface area contributed by atoms with Crippen LogP contribution in [-0.2, 0) is 20.6 Å². The van der Waals surface area contributed by atoms with E-state index in [-0.39, 0.29) is 12.2 Å². The molecule has 2 fully saturated rings. The Morgan fingerprint density at radius 1 is 1.20 bits per heavy atom. The Labute approximate surface area is 186 Å². The van der Waals surface area contributed by atoms with Crippen molar-refractivity contribution in [2.45, 2.75) is 57.0 Å². The van der Waals surface area contributed by atoms with Gasteiger partial charge >= 0.3 is 0 Å². The normalized spacial score (nSPS) is 30.1. The average Bonchev–Trinajstić information content (AvgIpc) is 3.26. The standard InChI is InChI=1S/C22H25Cl2N3O3/c1-21(2)29-18-20(27-9-8-14(12-25-4)19(27)26-5)28-17(22(18,3)30-21)11-13-6-7-15(23)16(24)10-13/h6-10,12,17-18,20H,5,11H2,1-4H3/b25-12-/t17-,18+,20-,22-/m1/s1. The van der Waals surface area contributed by atoms with E-state index in [9.17, 15) is 0 Å². The number of nitrogens with zero attached hydrogens (tertiary/aromatic N) is 3. The van der Waals surface area contributed by atoms with Crippen LogP contribution in [0.15, 0.2) is 40.4 Å². The van der Waals surface area contributed by atoms with E-state index in [1.54, 1.807) is 19.3 Å². The summed E-state index contributed by atoms with van der Waals surface area (Å²) >= 11 is 12.3. The molecule has 2 aliphatic heterocycles. The molecule has 30 heavy (non-hydrogen) atoms. The van der Waals surface area contributed by atoms with E-state index in [0.29, 0.717) is 22.3 Å². The lowest BCUT2D eigenvalue weighted by atomic mass is 9.90. The van der Waals surface area contributed by atoms with Crippen molar-refractivity contribution in [3.05, 3.63) is 51.6 Å². The van der Waals surface area contributed by atoms with Crippen molar-refractivity contribution in [1.29, 1.82) is 0 Å². The second kappa shape index (κ2) is 7.77. The van der Waals surface area contributed by atoms with Gasteiger partial charge in [0.2, 0.25) is 0 Å². The van der Waals surface area contributed by atoms with Crippen LogP contribution in [0.2, 0.25) is 10.0 Å². The molecule has 3 heterocycles. The highest BCUT2D eigenvalue weighted by Crippen LogP contribution is 2.52. The third-order valence-corrected chi connectivity index (χ3v) is 6.40. The Kier molecular flexibility index (Phi) is 5.58. The molecule has 0 aliphatic carbocycles. The quantitative estimate of drug-likeness (QED) is 0.587. The minimum Gasteiger partial charge on any atom is -0.348 e. The van der Waals surface area contributed by atoms with Crippen molar-refractivity contribution in [1.82, 2.24) is 4.57 Å². The van der Waals surface area contributed by atoms with Gasteiger partial charge in [-0.15, -0.1) is 0 Å². The number of halogens is 2. The molecule has 8 heteroatoms. The first-order valence-corrected chi connectivity index (χ1v) is 10.5. The predicted octanol–water partition coefficient (Wildman–Crippen LogP) is 5.23. The molecule has 0 amide bonds. The molecule has 160 valence electrons. The number of fused-ring (bicyclic) bond motifs is 1. The summed E-state index contributed by atoms with van der Waals surface area (Å²) in [5.41, 5.74) is 1.21. The van der Waals surface area contributed by atoms with Crippen LogP contribution in [0, 0.1) is 0 Å². The highest BCUT2D eigenvalue weighted by atomic mass is 35.5. The van der Waals surface area contributed by atoms with E-state index in [2.05, 4.69) is 16.7 Å². The summed E-state index contributed by atoms with van der Waals surface area (Å²) in [5, 5.41) is 1.04. The van der Waals surface area contributed by atoms with Crippen molar-refractivity contribution in [3.8, 4) is 0 Å². The lowest BCUT2D eigenvalue weighted by molar-refractivity contribution is -0.210. The fourth-order valence-electron chi connectivity index (χ4n) is 4.42. The molecule has 0 unspecified atom stereocenters. The van der Waals surface area contributed by atoms with Crippen molar-refractivity contribution in [2.24, 2.45) is 9.98 Å². The maximum Gasteiger partial charge on any atom is 0.165 e. The monoisotopic (exact) mass is 449 g/mol. The zero-order valence-corrected chi connectivity index (χ0v) is 18.9. The Morgan fingerprint density at radius 2 is 1.97 bits per heavy atom. The highest BCUT2D eigenvalue weighted by molar-refractivity contribution is 6.42. The molecule has 1 aromatic carbocycles. The molecular weight excluding hydrogens is 425 g/mol. The minimum atomic E-state index is -0.736. The van der Waals surface area contributed by atoms with Crippen LogP contribution < -0.4 is 0 Å². The van der Waals surface area contributed by atoms with Gasteiger partial charge in [0, 0.05) is 31.4 Å². The van der Waals surface area contributed by atoms with E-state index in [1.165, 1.54) is 0 Å². The summed E-state index contributed by atoms with van der Waals surface area (Å²) in [5.74, 6) is -0.0589. The second-order valence-corrected chi connectivity index (χ2v) is 9.05. The van der Waals surface area contributed by atoms with Gasteiger partial charge in [0.15, 0.2) is 12.0 Å². The number of rotatable bonds is 5. The van der Waals surface area contributed by atoms with Gasteiger partial charge in [0.05, 0.1) is 16.1 Å². The molecule has 4 atom stereocenters. The van der Waals surface area contributed by atoms with E-state index < -0.39 is 17.6 Å². The fourth-order valence-corrected chi connectivity index (χ4v) is 4.74. The molecular formula is C22H25Cl2N3O3. The summed E-state index contributed by atoms with van der Waals surface area (Å²) in [6.07, 6.45) is 3.24. The van der Waals surface area contributed by atoms with E-state index in [1.807, 2.05) is 49.7 Å². The Hall–Kier alpha value is -1.70. The number of aromatic nitrogens is 1. The van der Waals surface area contributed by atoms with Gasteiger partial charge in [0.1, 0.15) is 17.5 Å². The Bertz CT molecular complexity index is 1000. The smallest absolute Gasteiger partial charge is 0.165 e. The molecule has 4 rings (SSSR count). The Balaban J connectivity index is 1.72. The van der Waals surface area contributed by atoms with E-state index in [4.69, 9.17) is 37.4 Å². The summed E-state index contributed by atoms with van der Waals surface area (Å²) in [6, 6.07) is 7.54. The van der Waals surface area contributed by atoms with Gasteiger partial charge in [-0.2, -0.15) is 0 Å². The summed E-state index contributed by atoms with van der Waals surface area (Å²) in [6.45, 7) is 9.60. The lowest BCUT2D eigenvalue weighted by Crippen LogP contribution is -2.44. The summed E-state index contributed by atoms with van der Waals surface area (Å²) in [7, 11) is 1.72. The van der Waals surface area contributed by atoms with Crippen molar-refractivity contribution in [2.75, 3.05) is 7.05 Å². The second-order valence-electron chi connectivity index (χ2n) is 8.24. The van der Waals surface area contributed by atoms with Crippen molar-refractivity contribution >= 4 is 42.0 Å². The van der Waals surface area contributed by atoms with Crippen LogP contribution in [0.1, 0.15) is 38.1 Å². The molecule has 0 saturated carbocycles. The molecule has 1 aromatic heterocycles. The Morgan fingerprint density at radius 3 is 2.63 bits per heavy atom. The van der Waals surface area contributed by atoms with Crippen LogP contribution in [0.5, 0.6) is 0 Å². The van der Waals surface area contributed by atoms with Gasteiger partial charge in [0.25, 0.3) is 0 Å². The number of aliphatic imine (C=N–C) groups is 2. The third kappa shape index (κ3) is 3.61. The SMILES string of the molecule is C=Nc1c(/C=N\C)ccn1[C@@H]1O[C@H](Cc2ccc(Cl)c(Cl)c2)[C@@]2(C)OC(C)(C)O[C@@H]12. The van der Waals surface area contributed by atoms with Gasteiger partial charge in [-0.3, -0.25) is 4.99 Å². The number of ether oxygens (including phenoxy) is 3. The van der Waals surface area contributed by atoms with Crippen molar-refractivity contribution < 1.29 is 14.2 Å². The number of hydrogen-bond donors (Lipinski definition) is 0. The van der Waals surface area contributed by atoms with Crippen LogP contribution >= 0.6 is 23.2 Å². The van der Waals surface area contributed by atoms with Crippen LogP contribution in [0.4, 0.5) is 5.82 Å². The first-order chi connectivity index (χ1) is 14.2. The zero-order valence-electron chi connectivity index (χ0n) is 17.4. The van der Waals surface area contributed by atoms with Gasteiger partial charge in [-0.1, -0.05) is 29.3 Å². The van der Waals surface area contributed by atoms with E-state index in [0.717, 1.165) is 11.1 Å². The fraction of sp³-hybridized carbons (Fsp3) is 0.455. The largest absolute Gasteiger partial charge is 0.348 e.